The van der Waals surface area contributed by atoms with Crippen molar-refractivity contribution < 1.29 is 5.11 Å². The molecule has 1 heterocycles. The zero-order valence-electron chi connectivity index (χ0n) is 10.2. The van der Waals surface area contributed by atoms with Crippen molar-refractivity contribution in [1.29, 1.82) is 0 Å². The van der Waals surface area contributed by atoms with Crippen LogP contribution in [0.3, 0.4) is 0 Å². The Balaban J connectivity index is 1.95. The van der Waals surface area contributed by atoms with Crippen molar-refractivity contribution in [3.8, 4) is 28.0 Å². The molecule has 0 amide bonds. The van der Waals surface area contributed by atoms with Crippen LogP contribution < -0.4 is 0 Å². The van der Waals surface area contributed by atoms with Gasteiger partial charge in [0.05, 0.1) is 12.4 Å². The lowest BCUT2D eigenvalue weighted by Crippen LogP contribution is -1.83. The van der Waals surface area contributed by atoms with E-state index in [1.54, 1.807) is 24.5 Å². The Labute approximate surface area is 111 Å². The van der Waals surface area contributed by atoms with Gasteiger partial charge in [-0.2, -0.15) is 10.2 Å². The molecule has 0 bridgehead atoms. The molecule has 0 aliphatic carbocycles. The Morgan fingerprint density at radius 1 is 0.684 bits per heavy atom. The zero-order chi connectivity index (χ0) is 13.1. The monoisotopic (exact) mass is 248 g/mol. The predicted molar refractivity (Wildman–Crippen MR) is 74.6 cm³/mol. The summed E-state index contributed by atoms with van der Waals surface area (Å²) in [6, 6.07) is 17.3. The van der Waals surface area contributed by atoms with Gasteiger partial charge in [0.2, 0.25) is 0 Å². The first kappa shape index (κ1) is 11.4. The van der Waals surface area contributed by atoms with E-state index < -0.39 is 0 Å². The molecule has 0 unspecified atom stereocenters. The lowest BCUT2D eigenvalue weighted by molar-refractivity contribution is 0.475. The number of phenolic OH excluding ortho intramolecular Hbond substituents is 1. The maximum Gasteiger partial charge on any atom is 0.116 e. The molecular formula is C16H12N2O. The molecule has 3 aromatic rings. The van der Waals surface area contributed by atoms with Crippen LogP contribution in [-0.4, -0.2) is 15.3 Å². The van der Waals surface area contributed by atoms with Crippen molar-refractivity contribution in [1.82, 2.24) is 10.2 Å². The molecule has 92 valence electrons. The van der Waals surface area contributed by atoms with Gasteiger partial charge in [-0.15, -0.1) is 0 Å². The van der Waals surface area contributed by atoms with Crippen molar-refractivity contribution in [2.24, 2.45) is 0 Å². The molecule has 3 nitrogen and oxygen atoms in total. The molecular weight excluding hydrogens is 236 g/mol. The molecule has 0 radical (unpaired) electrons. The molecule has 1 aromatic heterocycles. The lowest BCUT2D eigenvalue weighted by atomic mass is 10.0. The van der Waals surface area contributed by atoms with E-state index in [9.17, 15) is 5.11 Å². The van der Waals surface area contributed by atoms with E-state index in [1.807, 2.05) is 42.5 Å². The molecule has 1 N–H and O–H groups in total. The van der Waals surface area contributed by atoms with E-state index in [0.717, 1.165) is 22.3 Å². The minimum absolute atomic E-state index is 0.278. The van der Waals surface area contributed by atoms with Gasteiger partial charge in [0.15, 0.2) is 0 Å². The van der Waals surface area contributed by atoms with Crippen LogP contribution >= 0.6 is 0 Å². The molecule has 19 heavy (non-hydrogen) atoms. The standard InChI is InChI=1S/C16H12N2O/c19-16-3-1-2-14(10-16)12-4-6-13(7-5-12)15-8-9-17-18-11-15/h1-11,19H. The number of hydrogen-bond acceptors (Lipinski definition) is 3. The molecule has 2 aromatic carbocycles. The van der Waals surface area contributed by atoms with E-state index in [-0.39, 0.29) is 5.75 Å². The Hall–Kier alpha value is -2.68. The fraction of sp³-hybridized carbons (Fsp3) is 0. The largest absolute Gasteiger partial charge is 0.508 e. The average Bonchev–Trinajstić information content (AvgIpc) is 2.48. The number of rotatable bonds is 2. The first-order valence-corrected chi connectivity index (χ1v) is 5.99. The third kappa shape index (κ3) is 2.45. The third-order valence-corrected chi connectivity index (χ3v) is 2.98. The molecule has 0 saturated carbocycles. The van der Waals surface area contributed by atoms with E-state index in [0.29, 0.717) is 0 Å². The molecule has 3 rings (SSSR count). The predicted octanol–water partition coefficient (Wildman–Crippen LogP) is 3.52. The summed E-state index contributed by atoms with van der Waals surface area (Å²) in [6.07, 6.45) is 3.42. The summed E-state index contributed by atoms with van der Waals surface area (Å²) in [4.78, 5) is 0. The first-order valence-electron chi connectivity index (χ1n) is 5.99. The zero-order valence-corrected chi connectivity index (χ0v) is 10.2. The van der Waals surface area contributed by atoms with Crippen LogP contribution in [0.5, 0.6) is 5.75 Å². The normalized spacial score (nSPS) is 10.3. The highest BCUT2D eigenvalue weighted by atomic mass is 16.3. The van der Waals surface area contributed by atoms with Crippen LogP contribution in [0.4, 0.5) is 0 Å². The summed E-state index contributed by atoms with van der Waals surface area (Å²) < 4.78 is 0. The van der Waals surface area contributed by atoms with Crippen LogP contribution in [0, 0.1) is 0 Å². The van der Waals surface area contributed by atoms with E-state index in [1.165, 1.54) is 0 Å². The van der Waals surface area contributed by atoms with Crippen LogP contribution in [-0.2, 0) is 0 Å². The minimum atomic E-state index is 0.278. The highest BCUT2D eigenvalue weighted by Gasteiger charge is 2.01. The molecule has 0 atom stereocenters. The minimum Gasteiger partial charge on any atom is -0.508 e. The van der Waals surface area contributed by atoms with Crippen molar-refractivity contribution in [2.75, 3.05) is 0 Å². The average molecular weight is 248 g/mol. The van der Waals surface area contributed by atoms with Gasteiger partial charge >= 0.3 is 0 Å². The van der Waals surface area contributed by atoms with E-state index in [2.05, 4.69) is 10.2 Å². The van der Waals surface area contributed by atoms with Gasteiger partial charge in [-0.1, -0.05) is 36.4 Å². The van der Waals surface area contributed by atoms with Crippen molar-refractivity contribution in [2.45, 2.75) is 0 Å². The van der Waals surface area contributed by atoms with Gasteiger partial charge in [-0.3, -0.25) is 0 Å². The summed E-state index contributed by atoms with van der Waals surface area (Å²) >= 11 is 0. The highest BCUT2D eigenvalue weighted by molar-refractivity contribution is 5.70. The molecule has 0 saturated heterocycles. The van der Waals surface area contributed by atoms with Gasteiger partial charge < -0.3 is 5.11 Å². The van der Waals surface area contributed by atoms with Gasteiger partial charge in [0.1, 0.15) is 5.75 Å². The van der Waals surface area contributed by atoms with Gasteiger partial charge in [-0.05, 0) is 34.9 Å². The molecule has 0 fully saturated rings. The van der Waals surface area contributed by atoms with E-state index in [4.69, 9.17) is 0 Å². The summed E-state index contributed by atoms with van der Waals surface area (Å²) in [5.74, 6) is 0.278. The molecule has 0 spiro atoms. The fourth-order valence-corrected chi connectivity index (χ4v) is 2.00. The van der Waals surface area contributed by atoms with Crippen LogP contribution in [0.25, 0.3) is 22.3 Å². The van der Waals surface area contributed by atoms with Crippen LogP contribution in [0.2, 0.25) is 0 Å². The second-order valence-corrected chi connectivity index (χ2v) is 4.26. The number of hydrogen-bond donors (Lipinski definition) is 1. The van der Waals surface area contributed by atoms with E-state index >= 15 is 0 Å². The second kappa shape index (κ2) is 4.90. The van der Waals surface area contributed by atoms with Crippen molar-refractivity contribution >= 4 is 0 Å². The Morgan fingerprint density at radius 3 is 2.05 bits per heavy atom. The molecule has 0 aliphatic heterocycles. The van der Waals surface area contributed by atoms with Crippen molar-refractivity contribution in [3.63, 3.8) is 0 Å². The maximum absolute atomic E-state index is 9.49. The first-order chi connectivity index (χ1) is 9.33. The number of nitrogens with zero attached hydrogens (tertiary/aromatic N) is 2. The van der Waals surface area contributed by atoms with Crippen LogP contribution in [0.1, 0.15) is 0 Å². The second-order valence-electron chi connectivity index (χ2n) is 4.26. The Kier molecular flexibility index (Phi) is 2.94. The lowest BCUT2D eigenvalue weighted by Gasteiger charge is -2.04. The summed E-state index contributed by atoms with van der Waals surface area (Å²) in [5.41, 5.74) is 4.21. The fourth-order valence-electron chi connectivity index (χ4n) is 2.00. The van der Waals surface area contributed by atoms with Gasteiger partial charge in [0.25, 0.3) is 0 Å². The topological polar surface area (TPSA) is 46.0 Å². The summed E-state index contributed by atoms with van der Waals surface area (Å²) in [5, 5.41) is 17.1. The van der Waals surface area contributed by atoms with Crippen molar-refractivity contribution in [3.05, 3.63) is 67.0 Å². The summed E-state index contributed by atoms with van der Waals surface area (Å²) in [6.45, 7) is 0. The third-order valence-electron chi connectivity index (χ3n) is 2.98. The number of aromatic nitrogens is 2. The quantitative estimate of drug-likeness (QED) is 0.754. The number of aromatic hydroxyl groups is 1. The summed E-state index contributed by atoms with van der Waals surface area (Å²) in [7, 11) is 0. The highest BCUT2D eigenvalue weighted by Crippen LogP contribution is 2.26. The molecule has 3 heteroatoms. The van der Waals surface area contributed by atoms with Gasteiger partial charge in [-0.25, -0.2) is 0 Å². The number of benzene rings is 2. The van der Waals surface area contributed by atoms with Gasteiger partial charge in [0, 0.05) is 5.56 Å². The smallest absolute Gasteiger partial charge is 0.116 e. The SMILES string of the molecule is Oc1cccc(-c2ccc(-c3ccnnc3)cc2)c1. The number of phenols is 1. The molecule has 0 aliphatic rings. The maximum atomic E-state index is 9.49. The van der Waals surface area contributed by atoms with Crippen LogP contribution in [0.15, 0.2) is 67.0 Å². The Morgan fingerprint density at radius 2 is 1.42 bits per heavy atom. The Bertz CT molecular complexity index is 679.